The minimum atomic E-state index is -0.852. The fraction of sp³-hybridized carbons (Fsp3) is 0.826. The molecule has 0 aromatic carbocycles. The zero-order valence-corrected chi connectivity index (χ0v) is 19.5. The van der Waals surface area contributed by atoms with Crippen molar-refractivity contribution in [1.82, 2.24) is 14.7 Å². The first-order chi connectivity index (χ1) is 15.0. The number of carbonyl (C=O) groups excluding carboxylic acids is 3. The lowest BCUT2D eigenvalue weighted by atomic mass is 9.91. The summed E-state index contributed by atoms with van der Waals surface area (Å²) >= 11 is 0. The molecular weight excluding hydrogens is 414 g/mol. The first kappa shape index (κ1) is 24.3. The Morgan fingerprint density at radius 1 is 0.719 bits per heavy atom. The molecule has 9 nitrogen and oxygen atoms in total. The van der Waals surface area contributed by atoms with E-state index >= 15 is 0 Å². The van der Waals surface area contributed by atoms with Crippen molar-refractivity contribution in [2.75, 3.05) is 39.3 Å². The molecule has 0 unspecified atom stereocenters. The van der Waals surface area contributed by atoms with Gasteiger partial charge in [0.25, 0.3) is 0 Å². The van der Waals surface area contributed by atoms with Crippen molar-refractivity contribution < 1.29 is 29.0 Å². The van der Waals surface area contributed by atoms with Gasteiger partial charge in [0.05, 0.1) is 17.8 Å². The molecule has 0 aromatic heterocycles. The number of ether oxygens (including phenoxy) is 1. The van der Waals surface area contributed by atoms with E-state index in [0.717, 1.165) is 19.3 Å². The third-order valence-corrected chi connectivity index (χ3v) is 6.59. The molecule has 1 N–H and O–H groups in total. The van der Waals surface area contributed by atoms with Gasteiger partial charge in [-0.05, 0) is 59.3 Å². The van der Waals surface area contributed by atoms with E-state index in [9.17, 15) is 24.3 Å². The molecular formula is C23H37N3O6. The van der Waals surface area contributed by atoms with Gasteiger partial charge in [-0.1, -0.05) is 0 Å². The fourth-order valence-electron chi connectivity index (χ4n) is 4.95. The molecule has 3 saturated heterocycles. The lowest BCUT2D eigenvalue weighted by Crippen LogP contribution is -2.52. The molecule has 3 heterocycles. The smallest absolute Gasteiger partial charge is 0.410 e. The Labute approximate surface area is 190 Å². The molecule has 32 heavy (non-hydrogen) atoms. The maximum Gasteiger partial charge on any atom is 0.410 e. The Morgan fingerprint density at radius 2 is 1.12 bits per heavy atom. The zero-order valence-electron chi connectivity index (χ0n) is 19.5. The van der Waals surface area contributed by atoms with Gasteiger partial charge in [0.2, 0.25) is 11.8 Å². The van der Waals surface area contributed by atoms with Gasteiger partial charge < -0.3 is 24.5 Å². The van der Waals surface area contributed by atoms with Gasteiger partial charge in [0.15, 0.2) is 0 Å². The highest BCUT2D eigenvalue weighted by Gasteiger charge is 2.38. The van der Waals surface area contributed by atoms with Crippen molar-refractivity contribution >= 4 is 23.9 Å². The number of hydrogen-bond acceptors (Lipinski definition) is 5. The Morgan fingerprint density at radius 3 is 1.59 bits per heavy atom. The van der Waals surface area contributed by atoms with Crippen molar-refractivity contribution in [3.63, 3.8) is 0 Å². The zero-order chi connectivity index (χ0) is 23.5. The van der Waals surface area contributed by atoms with Crippen LogP contribution in [0.15, 0.2) is 0 Å². The molecule has 180 valence electrons. The van der Waals surface area contributed by atoms with Crippen LogP contribution in [0.2, 0.25) is 0 Å². The van der Waals surface area contributed by atoms with Crippen LogP contribution in [-0.4, -0.2) is 88.6 Å². The minimum Gasteiger partial charge on any atom is -0.481 e. The first-order valence-corrected chi connectivity index (χ1v) is 11.8. The SMILES string of the molecule is CC(C)(C)OC(=O)N1CCC[C@H](C(=O)N2CCC[C@H](C(=O)N3CCC[C@H](C(=O)O)C3)C2)C1. The van der Waals surface area contributed by atoms with Crippen LogP contribution >= 0.6 is 0 Å². The first-order valence-electron chi connectivity index (χ1n) is 11.8. The normalized spacial score (nSPS) is 27.1. The van der Waals surface area contributed by atoms with E-state index in [1.165, 1.54) is 0 Å². The van der Waals surface area contributed by atoms with Crippen LogP contribution in [0.5, 0.6) is 0 Å². The lowest BCUT2D eigenvalue weighted by molar-refractivity contribution is -0.148. The third-order valence-electron chi connectivity index (χ3n) is 6.59. The Hall–Kier alpha value is -2.32. The number of amides is 3. The van der Waals surface area contributed by atoms with Crippen molar-refractivity contribution in [2.24, 2.45) is 17.8 Å². The van der Waals surface area contributed by atoms with E-state index in [1.807, 2.05) is 20.8 Å². The molecule has 0 radical (unpaired) electrons. The predicted molar refractivity (Wildman–Crippen MR) is 117 cm³/mol. The van der Waals surface area contributed by atoms with E-state index in [4.69, 9.17) is 4.74 Å². The number of likely N-dealkylation sites (tertiary alicyclic amines) is 3. The van der Waals surface area contributed by atoms with Crippen LogP contribution in [0, 0.1) is 17.8 Å². The summed E-state index contributed by atoms with van der Waals surface area (Å²) in [6.07, 6.45) is 3.84. The average molecular weight is 452 g/mol. The molecule has 0 saturated carbocycles. The second kappa shape index (κ2) is 10.1. The summed E-state index contributed by atoms with van der Waals surface area (Å²) in [5, 5.41) is 9.30. The summed E-state index contributed by atoms with van der Waals surface area (Å²) < 4.78 is 5.46. The molecule has 0 aliphatic carbocycles. The Kier molecular flexibility index (Phi) is 7.67. The van der Waals surface area contributed by atoms with Crippen LogP contribution in [-0.2, 0) is 19.1 Å². The van der Waals surface area contributed by atoms with E-state index in [2.05, 4.69) is 0 Å². The average Bonchev–Trinajstić information content (AvgIpc) is 2.77. The van der Waals surface area contributed by atoms with Crippen LogP contribution in [0.25, 0.3) is 0 Å². The minimum absolute atomic E-state index is 0.00202. The second-order valence-corrected chi connectivity index (χ2v) is 10.4. The summed E-state index contributed by atoms with van der Waals surface area (Å²) in [5.74, 6) is -1.96. The highest BCUT2D eigenvalue weighted by Crippen LogP contribution is 2.27. The summed E-state index contributed by atoms with van der Waals surface area (Å²) in [7, 11) is 0. The van der Waals surface area contributed by atoms with Crippen LogP contribution in [0.4, 0.5) is 4.79 Å². The fourth-order valence-corrected chi connectivity index (χ4v) is 4.95. The molecule has 0 aromatic rings. The number of nitrogens with zero attached hydrogens (tertiary/aromatic N) is 3. The molecule has 3 fully saturated rings. The largest absolute Gasteiger partial charge is 0.481 e. The molecule has 3 amide bonds. The summed E-state index contributed by atoms with van der Waals surface area (Å²) in [6, 6.07) is 0. The van der Waals surface area contributed by atoms with E-state index in [-0.39, 0.29) is 36.3 Å². The number of aliphatic carboxylic acids is 1. The number of carbonyl (C=O) groups is 4. The van der Waals surface area contributed by atoms with Gasteiger partial charge in [0, 0.05) is 39.3 Å². The highest BCUT2D eigenvalue weighted by molar-refractivity contribution is 5.83. The molecule has 3 rings (SSSR count). The van der Waals surface area contributed by atoms with E-state index < -0.39 is 17.5 Å². The van der Waals surface area contributed by atoms with Crippen LogP contribution in [0.3, 0.4) is 0 Å². The van der Waals surface area contributed by atoms with Gasteiger partial charge in [0.1, 0.15) is 5.60 Å². The van der Waals surface area contributed by atoms with Gasteiger partial charge in [-0.15, -0.1) is 0 Å². The molecule has 3 aliphatic heterocycles. The van der Waals surface area contributed by atoms with Crippen molar-refractivity contribution in [3.8, 4) is 0 Å². The Bertz CT molecular complexity index is 734. The maximum absolute atomic E-state index is 13.2. The van der Waals surface area contributed by atoms with Crippen LogP contribution in [0.1, 0.15) is 59.3 Å². The molecule has 0 spiro atoms. The van der Waals surface area contributed by atoms with Gasteiger partial charge in [-0.3, -0.25) is 14.4 Å². The maximum atomic E-state index is 13.2. The second-order valence-electron chi connectivity index (χ2n) is 10.4. The van der Waals surface area contributed by atoms with Crippen molar-refractivity contribution in [2.45, 2.75) is 64.9 Å². The van der Waals surface area contributed by atoms with Gasteiger partial charge in [-0.2, -0.15) is 0 Å². The molecule has 3 atom stereocenters. The highest BCUT2D eigenvalue weighted by atomic mass is 16.6. The number of piperidine rings is 3. The quantitative estimate of drug-likeness (QED) is 0.705. The monoisotopic (exact) mass is 451 g/mol. The van der Waals surface area contributed by atoms with Gasteiger partial charge >= 0.3 is 12.1 Å². The summed E-state index contributed by atoms with van der Waals surface area (Å²) in [5.41, 5.74) is -0.581. The standard InChI is InChI=1S/C23H37N3O6/c1-23(2,3)32-22(31)26-12-5-8-17(14-26)20(28)24-10-4-7-16(13-24)19(27)25-11-6-9-18(15-25)21(29)30/h16-18H,4-15H2,1-3H3,(H,29,30)/t16-,17-,18-/m0/s1. The lowest BCUT2D eigenvalue weighted by Gasteiger charge is -2.40. The summed E-state index contributed by atoms with van der Waals surface area (Å²) in [4.78, 5) is 55.1. The Balaban J connectivity index is 1.57. The van der Waals surface area contributed by atoms with Gasteiger partial charge in [-0.25, -0.2) is 4.79 Å². The molecule has 0 bridgehead atoms. The topological polar surface area (TPSA) is 107 Å². The summed E-state index contributed by atoms with van der Waals surface area (Å²) in [6.45, 7) is 8.22. The number of carboxylic acid groups (broad SMARTS) is 1. The number of hydrogen-bond donors (Lipinski definition) is 1. The predicted octanol–water partition coefficient (Wildman–Crippen LogP) is 2.20. The van der Waals surface area contributed by atoms with Crippen molar-refractivity contribution in [1.29, 1.82) is 0 Å². The number of carboxylic acids is 1. The third kappa shape index (κ3) is 6.13. The number of rotatable bonds is 3. The van der Waals surface area contributed by atoms with E-state index in [0.29, 0.717) is 52.0 Å². The van der Waals surface area contributed by atoms with E-state index in [1.54, 1.807) is 14.7 Å². The molecule has 9 heteroatoms. The van der Waals surface area contributed by atoms with Crippen molar-refractivity contribution in [3.05, 3.63) is 0 Å². The van der Waals surface area contributed by atoms with Crippen LogP contribution < -0.4 is 0 Å². The molecule has 3 aliphatic rings.